The number of hydrogen-bond donors (Lipinski definition) is 2. The molecule has 2 saturated heterocycles. The van der Waals surface area contributed by atoms with E-state index in [0.717, 1.165) is 0 Å². The number of nitrogens with zero attached hydrogens (tertiary/aromatic N) is 2. The van der Waals surface area contributed by atoms with Crippen LogP contribution in [0, 0.1) is 11.8 Å². The lowest BCUT2D eigenvalue weighted by Gasteiger charge is -2.37. The molecule has 0 unspecified atom stereocenters. The summed E-state index contributed by atoms with van der Waals surface area (Å²) in [5.74, 6) is -3.80. The number of nitrogens with one attached hydrogen (secondary N) is 1. The number of hydrogen-bond acceptors (Lipinski definition) is 7. The SMILES string of the molecule is C[C@@H]1CNC(=O)CC/C=C\[C@H]2O[C@]34C=CCN(c5ccccc5Cl)C(=O)[C@H]3N([C@H](C)CO)C(=O)[C@@H]4[C@H]2C(=O)O1. The van der Waals surface area contributed by atoms with Crippen LogP contribution < -0.4 is 10.2 Å². The van der Waals surface area contributed by atoms with Crippen LogP contribution in [0.4, 0.5) is 5.69 Å². The standard InChI is InChI=1S/C28H32ClN3O7/c1-16(15-33)32-24-26(36)31(19-9-4-3-8-18(19)29)13-7-12-28(24)23(25(32)35)22-20(39-28)10-5-6-11-21(34)30-14-17(2)38-27(22)37/h3-5,7-10,12,16-17,20,22-24,33H,6,11,13-15H2,1-2H3,(H,30,34)/b10-5-/t16-,17-,20-,22+,23+,24-,28+/m1/s1. The Kier molecular flexibility index (Phi) is 7.54. The van der Waals surface area contributed by atoms with Crippen molar-refractivity contribution in [2.45, 2.75) is 56.6 Å². The van der Waals surface area contributed by atoms with Gasteiger partial charge in [0.25, 0.3) is 5.91 Å². The Morgan fingerprint density at radius 3 is 2.69 bits per heavy atom. The molecular weight excluding hydrogens is 526 g/mol. The first kappa shape index (κ1) is 27.4. The van der Waals surface area contributed by atoms with E-state index in [1.807, 2.05) is 0 Å². The first-order valence-electron chi connectivity index (χ1n) is 13.2. The Morgan fingerprint density at radius 2 is 1.95 bits per heavy atom. The summed E-state index contributed by atoms with van der Waals surface area (Å²) in [6.07, 6.45) is 6.06. The van der Waals surface area contributed by atoms with Crippen molar-refractivity contribution in [1.82, 2.24) is 10.2 Å². The van der Waals surface area contributed by atoms with E-state index in [-0.39, 0.29) is 32.0 Å². The van der Waals surface area contributed by atoms with Gasteiger partial charge in [-0.25, -0.2) is 0 Å². The third-order valence-electron chi connectivity index (χ3n) is 7.85. The number of allylic oxidation sites excluding steroid dienone is 1. The van der Waals surface area contributed by atoms with Gasteiger partial charge in [-0.15, -0.1) is 0 Å². The minimum Gasteiger partial charge on any atom is -0.460 e. The number of halogens is 1. The molecule has 1 aromatic rings. The number of likely N-dealkylation sites (tertiary alicyclic amines) is 1. The fraction of sp³-hybridized carbons (Fsp3) is 0.500. The van der Waals surface area contributed by atoms with Crippen molar-refractivity contribution in [3.8, 4) is 0 Å². The molecule has 5 rings (SSSR count). The fourth-order valence-electron chi connectivity index (χ4n) is 6.05. The molecule has 1 aromatic carbocycles. The van der Waals surface area contributed by atoms with Crippen molar-refractivity contribution in [3.05, 3.63) is 53.6 Å². The van der Waals surface area contributed by atoms with Crippen molar-refractivity contribution in [3.63, 3.8) is 0 Å². The van der Waals surface area contributed by atoms with Crippen LogP contribution in [0.3, 0.4) is 0 Å². The third kappa shape index (κ3) is 4.64. The number of benzene rings is 1. The van der Waals surface area contributed by atoms with Crippen molar-refractivity contribution < 1.29 is 33.8 Å². The molecule has 3 amide bonds. The molecule has 4 aliphatic heterocycles. The molecule has 0 saturated carbocycles. The van der Waals surface area contributed by atoms with Gasteiger partial charge >= 0.3 is 5.97 Å². The summed E-state index contributed by atoms with van der Waals surface area (Å²) in [7, 11) is 0. The van der Waals surface area contributed by atoms with E-state index in [0.29, 0.717) is 17.1 Å². The van der Waals surface area contributed by atoms with Gasteiger partial charge < -0.3 is 29.7 Å². The summed E-state index contributed by atoms with van der Waals surface area (Å²) >= 11 is 6.45. The van der Waals surface area contributed by atoms with Gasteiger partial charge in [-0.05, 0) is 32.4 Å². The highest BCUT2D eigenvalue weighted by atomic mass is 35.5. The smallest absolute Gasteiger partial charge is 0.313 e. The summed E-state index contributed by atoms with van der Waals surface area (Å²) in [4.78, 5) is 56.9. The van der Waals surface area contributed by atoms with Crippen LogP contribution in [0.1, 0.15) is 26.7 Å². The number of anilines is 1. The van der Waals surface area contributed by atoms with E-state index in [4.69, 9.17) is 21.1 Å². The highest BCUT2D eigenvalue weighted by Crippen LogP contribution is 2.54. The number of ether oxygens (including phenoxy) is 2. The van der Waals surface area contributed by atoms with Gasteiger partial charge in [0.2, 0.25) is 11.8 Å². The van der Waals surface area contributed by atoms with Crippen LogP contribution in [0.2, 0.25) is 5.02 Å². The van der Waals surface area contributed by atoms with Gasteiger partial charge in [-0.1, -0.05) is 48.0 Å². The van der Waals surface area contributed by atoms with Gasteiger partial charge in [0.05, 0.1) is 41.9 Å². The van der Waals surface area contributed by atoms with Crippen LogP contribution in [-0.2, 0) is 28.7 Å². The maximum atomic E-state index is 14.3. The van der Waals surface area contributed by atoms with Gasteiger partial charge in [0.15, 0.2) is 0 Å². The van der Waals surface area contributed by atoms with Crippen molar-refractivity contribution in [1.29, 1.82) is 0 Å². The summed E-state index contributed by atoms with van der Waals surface area (Å²) in [5.41, 5.74) is -1.00. The normalized spacial score (nSPS) is 34.6. The Hall–Kier alpha value is -3.21. The van der Waals surface area contributed by atoms with Crippen molar-refractivity contribution >= 4 is 41.0 Å². The lowest BCUT2D eigenvalue weighted by molar-refractivity contribution is -0.159. The third-order valence-corrected chi connectivity index (χ3v) is 8.17. The molecule has 2 fully saturated rings. The molecule has 0 bridgehead atoms. The molecule has 0 aromatic heterocycles. The molecule has 0 aliphatic carbocycles. The summed E-state index contributed by atoms with van der Waals surface area (Å²) < 4.78 is 12.3. The van der Waals surface area contributed by atoms with Gasteiger partial charge in [0.1, 0.15) is 23.7 Å². The number of carbonyl (C=O) groups excluding carboxylic acids is 4. The molecule has 208 valence electrons. The predicted octanol–water partition coefficient (Wildman–Crippen LogP) is 1.60. The number of amides is 3. The molecule has 2 N–H and O–H groups in total. The lowest BCUT2D eigenvalue weighted by atomic mass is 9.78. The van der Waals surface area contributed by atoms with E-state index in [9.17, 15) is 24.3 Å². The molecule has 7 atom stereocenters. The number of fused-ring (bicyclic) bond motifs is 2. The average molecular weight is 558 g/mol. The van der Waals surface area contributed by atoms with Crippen molar-refractivity contribution in [2.75, 3.05) is 24.6 Å². The predicted molar refractivity (Wildman–Crippen MR) is 142 cm³/mol. The minimum absolute atomic E-state index is 0.137. The van der Waals surface area contributed by atoms with E-state index < -0.39 is 59.5 Å². The second kappa shape index (κ2) is 10.7. The fourth-order valence-corrected chi connectivity index (χ4v) is 6.29. The average Bonchev–Trinajstić information content (AvgIpc) is 3.30. The number of rotatable bonds is 3. The second-order valence-electron chi connectivity index (χ2n) is 10.4. The number of aliphatic hydroxyl groups is 1. The molecule has 39 heavy (non-hydrogen) atoms. The highest BCUT2D eigenvalue weighted by Gasteiger charge is 2.72. The van der Waals surface area contributed by atoms with Crippen molar-refractivity contribution in [2.24, 2.45) is 11.8 Å². The second-order valence-corrected chi connectivity index (χ2v) is 10.8. The Bertz CT molecular complexity index is 1240. The Labute approximate surface area is 231 Å². The summed E-state index contributed by atoms with van der Waals surface area (Å²) in [6, 6.07) is 5.05. The van der Waals surface area contributed by atoms with Gasteiger partial charge in [0, 0.05) is 13.0 Å². The van der Waals surface area contributed by atoms with Crippen LogP contribution in [0.5, 0.6) is 0 Å². The quantitative estimate of drug-likeness (QED) is 0.427. The maximum Gasteiger partial charge on any atom is 0.313 e. The molecule has 4 heterocycles. The zero-order valence-electron chi connectivity index (χ0n) is 21.8. The number of para-hydroxylation sites is 1. The maximum absolute atomic E-state index is 14.3. The summed E-state index contributed by atoms with van der Waals surface area (Å²) in [6.45, 7) is 3.24. The first-order valence-corrected chi connectivity index (χ1v) is 13.6. The van der Waals surface area contributed by atoms with Crippen LogP contribution >= 0.6 is 11.6 Å². The zero-order valence-corrected chi connectivity index (χ0v) is 22.5. The van der Waals surface area contributed by atoms with E-state index in [2.05, 4.69) is 5.32 Å². The zero-order chi connectivity index (χ0) is 27.9. The minimum atomic E-state index is -1.48. The van der Waals surface area contributed by atoms with E-state index >= 15 is 0 Å². The molecule has 0 radical (unpaired) electrons. The Morgan fingerprint density at radius 1 is 1.18 bits per heavy atom. The van der Waals surface area contributed by atoms with E-state index in [1.54, 1.807) is 62.4 Å². The summed E-state index contributed by atoms with van der Waals surface area (Å²) in [5, 5.41) is 13.2. The number of cyclic esters (lactones) is 1. The lowest BCUT2D eigenvalue weighted by Crippen LogP contribution is -2.57. The van der Waals surface area contributed by atoms with Crippen LogP contribution in [0.15, 0.2) is 48.6 Å². The number of carbonyl (C=O) groups is 4. The van der Waals surface area contributed by atoms with Gasteiger partial charge in [-0.3, -0.25) is 19.2 Å². The first-order chi connectivity index (χ1) is 18.7. The van der Waals surface area contributed by atoms with E-state index in [1.165, 1.54) is 9.80 Å². The number of esters is 1. The molecule has 4 aliphatic rings. The Balaban J connectivity index is 1.61. The van der Waals surface area contributed by atoms with Crippen LogP contribution in [-0.4, -0.2) is 83.3 Å². The molecule has 10 nitrogen and oxygen atoms in total. The number of aliphatic hydroxyl groups excluding tert-OH is 1. The monoisotopic (exact) mass is 557 g/mol. The molecular formula is C28H32ClN3O7. The molecule has 1 spiro atoms. The van der Waals surface area contributed by atoms with Crippen LogP contribution in [0.25, 0.3) is 0 Å². The highest BCUT2D eigenvalue weighted by molar-refractivity contribution is 6.34. The van der Waals surface area contributed by atoms with Gasteiger partial charge in [-0.2, -0.15) is 0 Å². The largest absolute Gasteiger partial charge is 0.460 e. The molecule has 11 heteroatoms. The topological polar surface area (TPSA) is 125 Å².